The fourth-order valence-corrected chi connectivity index (χ4v) is 3.59. The highest BCUT2D eigenvalue weighted by atomic mass is 16.3. The number of likely N-dealkylation sites (tertiary alicyclic amines) is 1. The molecule has 0 radical (unpaired) electrons. The zero-order valence-electron chi connectivity index (χ0n) is 12.7. The van der Waals surface area contributed by atoms with Gasteiger partial charge in [-0.3, -0.25) is 14.5 Å². The van der Waals surface area contributed by atoms with Crippen molar-refractivity contribution in [3.63, 3.8) is 0 Å². The summed E-state index contributed by atoms with van der Waals surface area (Å²) in [6.45, 7) is 5.70. The van der Waals surface area contributed by atoms with E-state index in [1.54, 1.807) is 6.92 Å². The Labute approximate surface area is 125 Å². The molecule has 0 aromatic carbocycles. The second kappa shape index (κ2) is 5.93. The number of carbonyl (C=O) groups is 2. The van der Waals surface area contributed by atoms with Gasteiger partial charge in [-0.25, -0.2) is 0 Å². The van der Waals surface area contributed by atoms with Gasteiger partial charge in [0.1, 0.15) is 0 Å². The van der Waals surface area contributed by atoms with E-state index in [2.05, 4.69) is 4.90 Å². The molecule has 3 rings (SSSR count). The predicted molar refractivity (Wildman–Crippen MR) is 77.5 cm³/mol. The Morgan fingerprint density at radius 2 is 1.67 bits per heavy atom. The first kappa shape index (κ1) is 14.8. The van der Waals surface area contributed by atoms with Crippen LogP contribution < -0.4 is 0 Å². The maximum Gasteiger partial charge on any atom is 0.225 e. The Balaban J connectivity index is 1.54. The van der Waals surface area contributed by atoms with Gasteiger partial charge in [-0.2, -0.15) is 0 Å². The van der Waals surface area contributed by atoms with E-state index in [4.69, 9.17) is 0 Å². The monoisotopic (exact) mass is 295 g/mol. The Morgan fingerprint density at radius 3 is 2.19 bits per heavy atom. The minimum absolute atomic E-state index is 0.0307. The molecule has 0 bridgehead atoms. The van der Waals surface area contributed by atoms with Crippen LogP contribution in [0.4, 0.5) is 0 Å². The number of nitrogens with zero attached hydrogens (tertiary/aromatic N) is 3. The van der Waals surface area contributed by atoms with Gasteiger partial charge in [0.05, 0.1) is 12.1 Å². The van der Waals surface area contributed by atoms with Crippen LogP contribution in [0.5, 0.6) is 0 Å². The van der Waals surface area contributed by atoms with Gasteiger partial charge >= 0.3 is 0 Å². The van der Waals surface area contributed by atoms with Crippen molar-refractivity contribution < 1.29 is 14.7 Å². The largest absolute Gasteiger partial charge is 0.390 e. The smallest absolute Gasteiger partial charge is 0.225 e. The average molecular weight is 295 g/mol. The highest BCUT2D eigenvalue weighted by Crippen LogP contribution is 2.30. The lowest BCUT2D eigenvalue weighted by atomic mass is 9.84. The number of piperazine rings is 1. The fraction of sp³-hybridized carbons (Fsp3) is 0.867. The number of hydrogen-bond acceptors (Lipinski definition) is 4. The van der Waals surface area contributed by atoms with E-state index in [-0.39, 0.29) is 23.8 Å². The number of hydrogen-bond donors (Lipinski definition) is 1. The molecule has 6 heteroatoms. The molecule has 21 heavy (non-hydrogen) atoms. The molecule has 2 aliphatic heterocycles. The van der Waals surface area contributed by atoms with Crippen LogP contribution in [-0.4, -0.2) is 83.0 Å². The lowest BCUT2D eigenvalue weighted by molar-refractivity contribution is -0.137. The second-order valence-corrected chi connectivity index (χ2v) is 6.55. The lowest BCUT2D eigenvalue weighted by Crippen LogP contribution is -2.54. The van der Waals surface area contributed by atoms with Crippen LogP contribution in [0.2, 0.25) is 0 Å². The van der Waals surface area contributed by atoms with E-state index in [1.165, 1.54) is 0 Å². The Kier molecular flexibility index (Phi) is 4.17. The Bertz CT molecular complexity index is 416. The summed E-state index contributed by atoms with van der Waals surface area (Å²) in [4.78, 5) is 29.6. The standard InChI is InChI=1S/C15H25N3O3/c1-11(19)16-5-7-17(8-6-16)13-9-18(10-14(13)20)15(21)12-3-2-4-12/h12-14,20H,2-10H2,1H3/t13-,14-/m1/s1. The molecule has 6 nitrogen and oxygen atoms in total. The van der Waals surface area contributed by atoms with E-state index in [9.17, 15) is 14.7 Å². The van der Waals surface area contributed by atoms with Crippen molar-refractivity contribution >= 4 is 11.8 Å². The van der Waals surface area contributed by atoms with Crippen LogP contribution in [0, 0.1) is 5.92 Å². The molecular weight excluding hydrogens is 270 g/mol. The summed E-state index contributed by atoms with van der Waals surface area (Å²) in [5, 5.41) is 10.3. The second-order valence-electron chi connectivity index (χ2n) is 6.55. The number of aliphatic hydroxyl groups excluding tert-OH is 1. The molecule has 118 valence electrons. The number of aliphatic hydroxyl groups is 1. The highest BCUT2D eigenvalue weighted by Gasteiger charge is 2.41. The SMILES string of the molecule is CC(=O)N1CCN([C@@H]2CN(C(=O)C3CCC3)C[C@H]2O)CC1. The van der Waals surface area contributed by atoms with Gasteiger partial charge in [-0.1, -0.05) is 6.42 Å². The normalized spacial score (nSPS) is 31.3. The molecule has 0 unspecified atom stereocenters. The van der Waals surface area contributed by atoms with Crippen molar-refractivity contribution in [2.45, 2.75) is 38.3 Å². The van der Waals surface area contributed by atoms with Crippen molar-refractivity contribution in [3.05, 3.63) is 0 Å². The molecule has 1 saturated carbocycles. The summed E-state index contributed by atoms with van der Waals surface area (Å²) < 4.78 is 0. The topological polar surface area (TPSA) is 64.1 Å². The van der Waals surface area contributed by atoms with Crippen LogP contribution in [0.15, 0.2) is 0 Å². The van der Waals surface area contributed by atoms with Gasteiger partial charge in [0, 0.05) is 52.1 Å². The van der Waals surface area contributed by atoms with Crippen molar-refractivity contribution in [2.75, 3.05) is 39.3 Å². The van der Waals surface area contributed by atoms with Gasteiger partial charge in [-0.05, 0) is 12.8 Å². The van der Waals surface area contributed by atoms with Gasteiger partial charge in [0.25, 0.3) is 0 Å². The fourth-order valence-electron chi connectivity index (χ4n) is 3.59. The van der Waals surface area contributed by atoms with Crippen LogP contribution >= 0.6 is 0 Å². The van der Waals surface area contributed by atoms with Crippen LogP contribution in [0.1, 0.15) is 26.2 Å². The molecule has 0 aromatic heterocycles. The summed E-state index contributed by atoms with van der Waals surface area (Å²) in [6.07, 6.45) is 2.71. The van der Waals surface area contributed by atoms with Crippen LogP contribution in [0.25, 0.3) is 0 Å². The molecule has 2 heterocycles. The molecule has 1 aliphatic carbocycles. The van der Waals surface area contributed by atoms with Crippen molar-refractivity contribution in [3.8, 4) is 0 Å². The van der Waals surface area contributed by atoms with Crippen molar-refractivity contribution in [1.82, 2.24) is 14.7 Å². The van der Waals surface area contributed by atoms with Gasteiger partial charge in [0.2, 0.25) is 11.8 Å². The van der Waals surface area contributed by atoms with Crippen molar-refractivity contribution in [2.24, 2.45) is 5.92 Å². The minimum atomic E-state index is -0.460. The first-order chi connectivity index (χ1) is 10.1. The molecule has 3 fully saturated rings. The number of amides is 2. The number of carbonyl (C=O) groups excluding carboxylic acids is 2. The van der Waals surface area contributed by atoms with E-state index in [1.807, 2.05) is 9.80 Å². The molecular formula is C15H25N3O3. The van der Waals surface area contributed by atoms with Gasteiger partial charge in [-0.15, -0.1) is 0 Å². The molecule has 2 atom stereocenters. The summed E-state index contributed by atoms with van der Waals surface area (Å²) >= 11 is 0. The molecule has 0 spiro atoms. The Hall–Kier alpha value is -1.14. The van der Waals surface area contributed by atoms with E-state index < -0.39 is 6.10 Å². The molecule has 0 aromatic rings. The summed E-state index contributed by atoms with van der Waals surface area (Å²) in [5.74, 6) is 0.541. The summed E-state index contributed by atoms with van der Waals surface area (Å²) in [7, 11) is 0. The molecule has 1 N–H and O–H groups in total. The zero-order chi connectivity index (χ0) is 15.0. The minimum Gasteiger partial charge on any atom is -0.390 e. The van der Waals surface area contributed by atoms with Gasteiger partial charge in [0.15, 0.2) is 0 Å². The van der Waals surface area contributed by atoms with Crippen LogP contribution in [0.3, 0.4) is 0 Å². The number of rotatable bonds is 2. The first-order valence-corrected chi connectivity index (χ1v) is 8.02. The molecule has 3 aliphatic rings. The third-order valence-electron chi connectivity index (χ3n) is 5.25. The quantitative estimate of drug-likeness (QED) is 0.747. The maximum absolute atomic E-state index is 12.3. The Morgan fingerprint density at radius 1 is 1.00 bits per heavy atom. The lowest BCUT2D eigenvalue weighted by Gasteiger charge is -2.38. The highest BCUT2D eigenvalue weighted by molar-refractivity contribution is 5.80. The van der Waals surface area contributed by atoms with E-state index in [0.717, 1.165) is 45.4 Å². The third kappa shape index (κ3) is 2.92. The predicted octanol–water partition coefficient (Wildman–Crippen LogP) is -0.478. The molecule has 2 saturated heterocycles. The van der Waals surface area contributed by atoms with E-state index >= 15 is 0 Å². The number of β-amino-alcohol motifs (C(OH)–C–C–N with tert-alkyl or cyclic N) is 1. The zero-order valence-corrected chi connectivity index (χ0v) is 12.7. The first-order valence-electron chi connectivity index (χ1n) is 8.02. The summed E-state index contributed by atoms with van der Waals surface area (Å²) in [5.41, 5.74) is 0. The third-order valence-corrected chi connectivity index (χ3v) is 5.25. The summed E-state index contributed by atoms with van der Waals surface area (Å²) in [6, 6.07) is 0.0307. The van der Waals surface area contributed by atoms with Crippen molar-refractivity contribution in [1.29, 1.82) is 0 Å². The van der Waals surface area contributed by atoms with E-state index in [0.29, 0.717) is 13.1 Å². The van der Waals surface area contributed by atoms with Crippen LogP contribution in [-0.2, 0) is 9.59 Å². The maximum atomic E-state index is 12.3. The average Bonchev–Trinajstić information content (AvgIpc) is 2.79. The van der Waals surface area contributed by atoms with Gasteiger partial charge < -0.3 is 14.9 Å². The molecule has 2 amide bonds.